The zero-order valence-corrected chi connectivity index (χ0v) is 102. The number of ketones is 8. The summed E-state index contributed by atoms with van der Waals surface area (Å²) in [6.45, 7) is 70.8. The van der Waals surface area contributed by atoms with E-state index in [-0.39, 0.29) is 156 Å². The molecule has 0 radical (unpaired) electrons. The number of hydrogen-bond acceptors (Lipinski definition) is 27. The van der Waals surface area contributed by atoms with Crippen molar-refractivity contribution in [2.24, 2.45) is 99.7 Å². The number of esters is 1. The first kappa shape index (κ1) is 161. The van der Waals surface area contributed by atoms with Crippen LogP contribution in [0.3, 0.4) is 0 Å². The van der Waals surface area contributed by atoms with Crippen LogP contribution >= 0.6 is 50.5 Å². The summed E-state index contributed by atoms with van der Waals surface area (Å²) in [5.74, 6) is 0.246. The minimum atomic E-state index is -1.16. The maximum absolute atomic E-state index is 12.2. The predicted molar refractivity (Wildman–Crippen MR) is 609 cm³/mol. The van der Waals surface area contributed by atoms with Crippen molar-refractivity contribution in [3.05, 3.63) is 0 Å². The van der Waals surface area contributed by atoms with Crippen molar-refractivity contribution in [2.75, 3.05) is 18.1 Å². The van der Waals surface area contributed by atoms with E-state index in [1.165, 1.54) is 80.6 Å². The van der Waals surface area contributed by atoms with Gasteiger partial charge in [-0.05, 0) is 242 Å². The summed E-state index contributed by atoms with van der Waals surface area (Å²) in [5, 5.41) is 55.6. The summed E-state index contributed by atoms with van der Waals surface area (Å²) in [4.78, 5) is 223. The van der Waals surface area contributed by atoms with E-state index in [1.807, 2.05) is 132 Å². The zero-order chi connectivity index (χ0) is 119. The van der Waals surface area contributed by atoms with E-state index in [0.29, 0.717) is 72.4 Å². The van der Waals surface area contributed by atoms with E-state index in [2.05, 4.69) is 119 Å². The van der Waals surface area contributed by atoms with Crippen molar-refractivity contribution in [1.29, 1.82) is 0 Å². The Labute approximate surface area is 919 Å². The molecule has 0 bridgehead atoms. The van der Waals surface area contributed by atoms with Gasteiger partial charge in [0.25, 0.3) is 0 Å². The van der Waals surface area contributed by atoms with Crippen LogP contribution in [0, 0.1) is 88.3 Å². The maximum Gasteiger partial charge on any atom is 0.329 e. The number of carbonyl (C=O) groups is 20. The second kappa shape index (κ2) is 91.7. The lowest BCUT2D eigenvalue weighted by molar-refractivity contribution is -0.156. The fourth-order valence-electron chi connectivity index (χ4n) is 13.1. The van der Waals surface area contributed by atoms with Gasteiger partial charge >= 0.3 is 35.8 Å². The quantitative estimate of drug-likeness (QED) is 0.0153. The van der Waals surface area contributed by atoms with Gasteiger partial charge in [0.1, 0.15) is 41.5 Å². The minimum Gasteiger partial charge on any atom is -0.481 e. The Morgan fingerprint density at radius 3 is 1.13 bits per heavy atom. The second-order valence-electron chi connectivity index (χ2n) is 44.5. The van der Waals surface area contributed by atoms with Crippen LogP contribution in [0.5, 0.6) is 0 Å². The van der Waals surface area contributed by atoms with Gasteiger partial charge in [0, 0.05) is 81.3 Å². The molecule has 34 nitrogen and oxygen atoms in total. The number of nitrogens with two attached hydrogens (primary N) is 2. The van der Waals surface area contributed by atoms with Crippen molar-refractivity contribution in [2.45, 2.75) is 482 Å². The van der Waals surface area contributed by atoms with E-state index >= 15 is 0 Å². The molecule has 1 aliphatic rings. The topological polar surface area (TPSA) is 567 Å². The number of Topliss-reactive ketones (excluding diaryl/α,β-unsaturated/α-hetero) is 8. The molecule has 0 aromatic heterocycles. The van der Waals surface area contributed by atoms with Gasteiger partial charge in [-0.25, -0.2) is 9.59 Å². The summed E-state index contributed by atoms with van der Waals surface area (Å²) in [5.41, 5.74) is 10.1. The van der Waals surface area contributed by atoms with Crippen molar-refractivity contribution in [1.82, 2.24) is 31.5 Å². The first-order valence-corrected chi connectivity index (χ1v) is 55.4. The van der Waals surface area contributed by atoms with Crippen molar-refractivity contribution in [3.8, 4) is 0 Å². The highest BCUT2D eigenvalue weighted by Crippen LogP contribution is 2.28. The average molecular weight is 2200 g/mol. The van der Waals surface area contributed by atoms with Crippen LogP contribution in [0.1, 0.15) is 417 Å². The van der Waals surface area contributed by atoms with Crippen LogP contribution in [0.2, 0.25) is 0 Å². The number of unbranched alkanes of at least 4 members (excludes halogenated alkanes) is 2. The highest BCUT2D eigenvalue weighted by Gasteiger charge is 2.36. The molecule has 38 heteroatoms. The van der Waals surface area contributed by atoms with Crippen molar-refractivity contribution in [3.63, 3.8) is 0 Å². The smallest absolute Gasteiger partial charge is 0.329 e. The van der Waals surface area contributed by atoms with E-state index in [1.54, 1.807) is 46.4 Å². The normalized spacial score (nSPS) is 14.3. The Kier molecular flexibility index (Phi) is 99.3. The second-order valence-corrected chi connectivity index (χ2v) is 47.2. The molecule has 1 heterocycles. The molecule has 14 N–H and O–H groups in total. The number of thiol groups is 4. The Hall–Kier alpha value is -7.68. The highest BCUT2D eigenvalue weighted by atomic mass is 32.1. The third-order valence-corrected chi connectivity index (χ3v) is 24.6. The molecule has 0 aliphatic carbocycles. The van der Waals surface area contributed by atoms with Crippen LogP contribution in [0.25, 0.3) is 0 Å². The fraction of sp³-hybridized carbons (Fsp3) is 0.820. The number of hydrogen-bond donors (Lipinski definition) is 16. The lowest BCUT2D eigenvalue weighted by atomic mass is 9.80. The van der Waals surface area contributed by atoms with Crippen LogP contribution in [0.4, 0.5) is 0 Å². The predicted octanol–water partition coefficient (Wildman–Crippen LogP) is 18.6. The van der Waals surface area contributed by atoms with Gasteiger partial charge in [-0.15, -0.1) is 0 Å². The number of amides is 6. The third-order valence-electron chi connectivity index (χ3n) is 23.3. The molecule has 0 aromatic carbocycles. The van der Waals surface area contributed by atoms with Gasteiger partial charge in [-0.3, -0.25) is 71.9 Å². The Balaban J connectivity index is -0.000000180. The molecule has 13 unspecified atom stereocenters. The number of carboxylic acid groups (broad SMARTS) is 5. The monoisotopic (exact) mass is 2200 g/mol. The molecule has 1 rings (SSSR count). The molecule has 874 valence electrons. The minimum absolute atomic E-state index is 0.00497. The number of carbonyl (C=O) groups excluding carboxylic acids is 15. The van der Waals surface area contributed by atoms with Gasteiger partial charge in [0.05, 0.1) is 34.8 Å². The lowest BCUT2D eigenvalue weighted by Crippen LogP contribution is -2.48. The molecule has 0 aromatic rings. The number of carboxylic acids is 5. The van der Waals surface area contributed by atoms with Gasteiger partial charge in [-0.2, -0.15) is 50.5 Å². The maximum atomic E-state index is 12.2. The average Bonchev–Trinajstić information content (AvgIpc) is 1.59. The van der Waals surface area contributed by atoms with Crippen LogP contribution < -0.4 is 38.1 Å². The SMILES string of the molecule is CC(=O)C(CC(C)C)NC(=O)C(C)(C)S.CC(=O)C(CS)NC(=O)C(C)(C)C(C)C.CC(=O)C1CCCN1C(=O)C(C)CC(C)C.CC(=O)CCC(=O)C(CC(C)C)NC(=O)CCC(N)C(=O)O.CC(=O)CCCCC(CCS)C(C)C.CC(=O)CCCCC(S)CCC(C)C.CC(=O)NC(CC(C)C)C(=O)O.CC(=O)NC(CC(C)C)C(=O)OC(C)C(C)=O.CC(C)C(C)C(=O)O.CC(C)CC(=O)O.CC(C)CC(N)C(=O)O. The molecule has 6 amide bonds. The summed E-state index contributed by atoms with van der Waals surface area (Å²) in [6.07, 6.45) is 17.1. The molecule has 1 saturated heterocycles. The molecular formula is C111H210N8O26S4. The first-order valence-electron chi connectivity index (χ1n) is 53.2. The highest BCUT2D eigenvalue weighted by molar-refractivity contribution is 7.82. The van der Waals surface area contributed by atoms with E-state index in [4.69, 9.17) is 41.7 Å². The van der Waals surface area contributed by atoms with Crippen LogP contribution in [0.15, 0.2) is 0 Å². The molecule has 0 spiro atoms. The molecule has 1 aliphatic heterocycles. The van der Waals surface area contributed by atoms with Gasteiger partial charge < -0.3 is 87.6 Å². The molecule has 0 saturated carbocycles. The zero-order valence-electron chi connectivity index (χ0n) is 98.6. The van der Waals surface area contributed by atoms with E-state index in [9.17, 15) is 95.9 Å². The standard InChI is InChI=1S/C15H26N2O5.C13H23NO2.C12H21NO4.2C12H24OS.2C11H21NO2S.C8H15NO3.C6H13NO2.C6H12O2.C5H10O2/c1-9(2)8-12(13(19)6-4-10(3)18)17-14(20)7-5-11(16)15(21)22;1-9(2)8-10(3)13(16)14-7-5-6-12(14)11(4)15;1-7(2)6-11(13-10(5)15)12(16)17-9(4)8(3)14;1-10(2)12(8-9-14)7-5-4-6-11(3)13;1-10(2)8-9-12(14)7-5-4-6-11(3)13;1-7(2)11(4,5)10(14)12-9(6-15)8(3)13;1-7(2)6-9(8(3)13)12-10(14)11(4,5)15;1-5(2)4-7(8(11)12)9-6(3)10;1-4(2)3-5(7)6(8)9;1-4(2)5(3)6(7)8;1-4(2)3-5(6)7/h9,11-12H,4-8,16H2,1-3H3,(H,17,20)(H,21,22);9-10,12H,5-8H2,1-4H3;7,9,11H,6H2,1-5H3,(H,13,15);2*10,12,14H,4-9H2,1-3H3;2*7,9,15H,6H2,1-5H3,(H,12,14);5,7H,4H2,1-3H3,(H,9,10)(H,11,12);4-5H,3,7H2,1-2H3,(H,8,9);4-5H,1-3H3,(H,7,8);4H,3H2,1-2H3,(H,6,7). The number of ether oxygens (including phenoxy) is 1. The van der Waals surface area contributed by atoms with E-state index in [0.717, 1.165) is 87.8 Å². The summed E-state index contributed by atoms with van der Waals surface area (Å²) < 4.78 is 4.23. The number of nitrogens with one attached hydrogen (secondary N) is 5. The number of rotatable bonds is 58. The summed E-state index contributed by atoms with van der Waals surface area (Å²) >= 11 is 17.0. The summed E-state index contributed by atoms with van der Waals surface area (Å²) in [6, 6.07) is -4.87. The number of likely N-dealkylation sites (tertiary alicyclic amines) is 1. The van der Waals surface area contributed by atoms with Crippen LogP contribution in [-0.4, -0.2) is 230 Å². The largest absolute Gasteiger partial charge is 0.481 e. The number of aliphatic carboxylic acids is 5. The molecular weight excluding hydrogens is 1990 g/mol. The van der Waals surface area contributed by atoms with Gasteiger partial charge in [0.15, 0.2) is 35.0 Å². The molecule has 149 heavy (non-hydrogen) atoms. The van der Waals surface area contributed by atoms with Gasteiger partial charge in [-0.1, -0.05) is 199 Å². The van der Waals surface area contributed by atoms with Crippen molar-refractivity contribution >= 4 is 168 Å². The Morgan fingerprint density at radius 1 is 0.403 bits per heavy atom. The fourth-order valence-corrected chi connectivity index (χ4v) is 14.2. The molecule has 13 atom stereocenters. The third kappa shape index (κ3) is 102. The Bertz CT molecular complexity index is 3850. The van der Waals surface area contributed by atoms with Crippen molar-refractivity contribution < 1.29 is 126 Å². The molecule has 1 fully saturated rings. The summed E-state index contributed by atoms with van der Waals surface area (Å²) in [7, 11) is 0. The first-order chi connectivity index (χ1) is 67.9. The van der Waals surface area contributed by atoms with E-state index < -0.39 is 94.2 Å². The lowest BCUT2D eigenvalue weighted by Gasteiger charge is -2.29. The van der Waals surface area contributed by atoms with Gasteiger partial charge in [0.2, 0.25) is 35.4 Å². The Morgan fingerprint density at radius 2 is 0.819 bits per heavy atom. The number of nitrogens with zero attached hydrogens (tertiary/aromatic N) is 1. The van der Waals surface area contributed by atoms with Crippen LogP contribution in [-0.2, 0) is 101 Å².